The Morgan fingerprint density at radius 2 is 1.96 bits per heavy atom. The predicted octanol–water partition coefficient (Wildman–Crippen LogP) is 3.18. The number of hydrogen-bond donors (Lipinski definition) is 2. The Morgan fingerprint density at radius 1 is 1.30 bits per heavy atom. The Hall–Kier alpha value is -2.35. The van der Waals surface area contributed by atoms with Gasteiger partial charge in [0.1, 0.15) is 0 Å². The fourth-order valence-electron chi connectivity index (χ4n) is 2.97. The molecule has 1 aromatic carbocycles. The number of carbonyl (C=O) groups is 2. The van der Waals surface area contributed by atoms with E-state index in [1.807, 2.05) is 0 Å². The van der Waals surface area contributed by atoms with E-state index in [9.17, 15) is 27.9 Å². The number of halogens is 3. The van der Waals surface area contributed by atoms with Crippen molar-refractivity contribution in [2.75, 3.05) is 6.54 Å². The highest BCUT2D eigenvalue weighted by molar-refractivity contribution is 5.87. The van der Waals surface area contributed by atoms with Crippen molar-refractivity contribution in [3.05, 3.63) is 47.5 Å². The summed E-state index contributed by atoms with van der Waals surface area (Å²) in [5.41, 5.74) is 1.07. The second-order valence-corrected chi connectivity index (χ2v) is 6.55. The third-order valence-electron chi connectivity index (χ3n) is 4.50. The fraction of sp³-hybridized carbons (Fsp3) is 0.474. The molecule has 0 saturated carbocycles. The average Bonchev–Trinajstić information content (AvgIpc) is 2.96. The number of nitrogens with zero attached hydrogens (tertiary/aromatic N) is 1. The van der Waals surface area contributed by atoms with Crippen LogP contribution < -0.4 is 0 Å². The number of amides is 1. The van der Waals surface area contributed by atoms with Crippen LogP contribution in [0.3, 0.4) is 0 Å². The van der Waals surface area contributed by atoms with Gasteiger partial charge in [-0.3, -0.25) is 4.79 Å². The highest BCUT2D eigenvalue weighted by Gasteiger charge is 2.30. The Bertz CT molecular complexity index is 685. The molecule has 0 spiro atoms. The molecule has 1 saturated heterocycles. The molecule has 0 aliphatic carbocycles. The van der Waals surface area contributed by atoms with Crippen LogP contribution in [0.25, 0.3) is 0 Å². The van der Waals surface area contributed by atoms with Crippen LogP contribution in [0.5, 0.6) is 0 Å². The number of benzene rings is 1. The minimum atomic E-state index is -4.31. The number of carbonyl (C=O) groups excluding carboxylic acids is 1. The second-order valence-electron chi connectivity index (χ2n) is 6.55. The van der Waals surface area contributed by atoms with Crippen LogP contribution in [0.2, 0.25) is 0 Å². The van der Waals surface area contributed by atoms with Crippen molar-refractivity contribution in [3.63, 3.8) is 0 Å². The van der Waals surface area contributed by atoms with Crippen LogP contribution in [0.15, 0.2) is 36.4 Å². The van der Waals surface area contributed by atoms with Gasteiger partial charge in [-0.25, -0.2) is 4.79 Å². The minimum absolute atomic E-state index is 0.0448. The Kier molecular flexibility index (Phi) is 7.01. The monoisotopic (exact) mass is 385 g/mol. The number of aliphatic hydroxyl groups is 1. The van der Waals surface area contributed by atoms with E-state index in [-0.39, 0.29) is 17.5 Å². The standard InChI is InChI=1S/C19H22F3NO4/c20-19(21,22)11-9-16(24)7-5-15-6-8-17(25)23(15)12-10-13-1-3-14(4-2-13)18(26)27/h1-5,7,15-16,24H,6,8-12H2,(H,26,27)/t15-,16+/m0/s1. The Labute approximate surface area is 155 Å². The van der Waals surface area contributed by atoms with Crippen molar-refractivity contribution < 1.29 is 33.0 Å². The maximum atomic E-state index is 12.2. The molecule has 2 N–H and O–H groups in total. The summed E-state index contributed by atoms with van der Waals surface area (Å²) in [6, 6.07) is 6.12. The number of aliphatic hydroxyl groups excluding tert-OH is 1. The van der Waals surface area contributed by atoms with Gasteiger partial charge in [0.15, 0.2) is 0 Å². The van der Waals surface area contributed by atoms with Gasteiger partial charge in [-0.05, 0) is 37.0 Å². The minimum Gasteiger partial charge on any atom is -0.478 e. The smallest absolute Gasteiger partial charge is 0.389 e. The molecular weight excluding hydrogens is 363 g/mol. The third-order valence-corrected chi connectivity index (χ3v) is 4.50. The second kappa shape index (κ2) is 9.03. The lowest BCUT2D eigenvalue weighted by Crippen LogP contribution is -2.33. The number of alkyl halides is 3. The normalized spacial score (nSPS) is 19.0. The molecule has 1 aliphatic rings. The molecule has 1 fully saturated rings. The first-order valence-corrected chi connectivity index (χ1v) is 8.70. The SMILES string of the molecule is O=C(O)c1ccc(CCN2C(=O)CC[C@@H]2C=C[C@@H](O)CCC(F)(F)F)cc1. The first-order chi connectivity index (χ1) is 12.7. The van der Waals surface area contributed by atoms with Crippen molar-refractivity contribution in [3.8, 4) is 0 Å². The lowest BCUT2D eigenvalue weighted by molar-refractivity contribution is -0.138. The number of hydrogen-bond acceptors (Lipinski definition) is 3. The topological polar surface area (TPSA) is 77.8 Å². The molecule has 1 aromatic rings. The molecule has 27 heavy (non-hydrogen) atoms. The summed E-state index contributed by atoms with van der Waals surface area (Å²) in [7, 11) is 0. The van der Waals surface area contributed by atoms with Crippen molar-refractivity contribution in [1.29, 1.82) is 0 Å². The molecule has 0 radical (unpaired) electrons. The average molecular weight is 385 g/mol. The summed E-state index contributed by atoms with van der Waals surface area (Å²) in [6.07, 6.45) is -2.61. The summed E-state index contributed by atoms with van der Waals surface area (Å²) >= 11 is 0. The van der Waals surface area contributed by atoms with Crippen LogP contribution in [0.1, 0.15) is 41.6 Å². The van der Waals surface area contributed by atoms with Crippen LogP contribution >= 0.6 is 0 Å². The van der Waals surface area contributed by atoms with Crippen molar-refractivity contribution in [1.82, 2.24) is 4.90 Å². The summed E-state index contributed by atoms with van der Waals surface area (Å²) in [6.45, 7) is 0.416. The van der Waals surface area contributed by atoms with Crippen LogP contribution in [-0.4, -0.2) is 51.9 Å². The van der Waals surface area contributed by atoms with Gasteiger partial charge >= 0.3 is 12.1 Å². The highest BCUT2D eigenvalue weighted by Crippen LogP contribution is 2.24. The van der Waals surface area contributed by atoms with Gasteiger partial charge in [0.25, 0.3) is 0 Å². The summed E-state index contributed by atoms with van der Waals surface area (Å²) in [5.74, 6) is -1.05. The highest BCUT2D eigenvalue weighted by atomic mass is 19.4. The first kappa shape index (κ1) is 21.0. The summed E-state index contributed by atoms with van der Waals surface area (Å²) in [5, 5.41) is 18.6. The van der Waals surface area contributed by atoms with Gasteiger partial charge in [0.05, 0.1) is 17.7 Å². The number of carboxylic acids is 1. The van der Waals surface area contributed by atoms with Crippen LogP contribution in [0, 0.1) is 0 Å². The van der Waals surface area contributed by atoms with E-state index >= 15 is 0 Å². The molecule has 0 bridgehead atoms. The molecule has 5 nitrogen and oxygen atoms in total. The molecule has 2 rings (SSSR count). The predicted molar refractivity (Wildman–Crippen MR) is 92.3 cm³/mol. The van der Waals surface area contributed by atoms with E-state index in [1.54, 1.807) is 23.1 Å². The maximum absolute atomic E-state index is 12.2. The quantitative estimate of drug-likeness (QED) is 0.674. The van der Waals surface area contributed by atoms with Gasteiger partial charge < -0.3 is 15.1 Å². The van der Waals surface area contributed by atoms with Gasteiger partial charge in [0, 0.05) is 19.4 Å². The lowest BCUT2D eigenvalue weighted by Gasteiger charge is -2.23. The molecular formula is C19H22F3NO4. The van der Waals surface area contributed by atoms with E-state index in [0.717, 1.165) is 5.56 Å². The molecule has 0 unspecified atom stereocenters. The van der Waals surface area contributed by atoms with E-state index in [1.165, 1.54) is 18.2 Å². The van der Waals surface area contributed by atoms with Gasteiger partial charge in [-0.1, -0.05) is 24.3 Å². The van der Waals surface area contributed by atoms with Crippen LogP contribution in [-0.2, 0) is 11.2 Å². The summed E-state index contributed by atoms with van der Waals surface area (Å²) < 4.78 is 36.5. The van der Waals surface area contributed by atoms with Crippen molar-refractivity contribution in [2.45, 2.75) is 50.4 Å². The Morgan fingerprint density at radius 3 is 2.56 bits per heavy atom. The molecule has 8 heteroatoms. The largest absolute Gasteiger partial charge is 0.478 e. The lowest BCUT2D eigenvalue weighted by atomic mass is 10.1. The third kappa shape index (κ3) is 6.71. The van der Waals surface area contributed by atoms with E-state index in [0.29, 0.717) is 25.8 Å². The van der Waals surface area contributed by atoms with Crippen molar-refractivity contribution >= 4 is 11.9 Å². The zero-order valence-electron chi connectivity index (χ0n) is 14.7. The van der Waals surface area contributed by atoms with Gasteiger partial charge in [-0.15, -0.1) is 0 Å². The van der Waals surface area contributed by atoms with Crippen molar-refractivity contribution in [2.24, 2.45) is 0 Å². The molecule has 1 amide bonds. The van der Waals surface area contributed by atoms with Crippen LogP contribution in [0.4, 0.5) is 13.2 Å². The molecule has 2 atom stereocenters. The number of aromatic carboxylic acids is 1. The Balaban J connectivity index is 1.89. The number of carboxylic acid groups (broad SMARTS) is 1. The van der Waals surface area contributed by atoms with E-state index in [2.05, 4.69) is 0 Å². The van der Waals surface area contributed by atoms with E-state index in [4.69, 9.17) is 5.11 Å². The molecule has 0 aromatic heterocycles. The molecule has 148 valence electrons. The van der Waals surface area contributed by atoms with Gasteiger partial charge in [-0.2, -0.15) is 13.2 Å². The number of rotatable bonds is 8. The van der Waals surface area contributed by atoms with E-state index < -0.39 is 31.1 Å². The van der Waals surface area contributed by atoms with Gasteiger partial charge in [0.2, 0.25) is 5.91 Å². The maximum Gasteiger partial charge on any atom is 0.389 e. The fourth-order valence-corrected chi connectivity index (χ4v) is 2.97. The molecule has 1 aliphatic heterocycles. The first-order valence-electron chi connectivity index (χ1n) is 8.70. The molecule has 1 heterocycles. The summed E-state index contributed by atoms with van der Waals surface area (Å²) in [4.78, 5) is 24.5. The number of likely N-dealkylation sites (tertiary alicyclic amines) is 1. The zero-order valence-corrected chi connectivity index (χ0v) is 14.7. The zero-order chi connectivity index (χ0) is 20.0.